The Labute approximate surface area is 180 Å². The number of thioether (sulfide) groups is 1. The molecule has 154 valence electrons. The molecule has 2 aliphatic heterocycles. The highest BCUT2D eigenvalue weighted by molar-refractivity contribution is 7.99. The molecule has 1 aromatic heterocycles. The van der Waals surface area contributed by atoms with Gasteiger partial charge in [0.15, 0.2) is 0 Å². The summed E-state index contributed by atoms with van der Waals surface area (Å²) in [6.45, 7) is 2.80. The third-order valence-electron chi connectivity index (χ3n) is 5.16. The lowest BCUT2D eigenvalue weighted by molar-refractivity contribution is -0.0720. The van der Waals surface area contributed by atoms with E-state index in [4.69, 9.17) is 14.2 Å². The Balaban J connectivity index is 1.65. The molecule has 2 aromatic rings. The summed E-state index contributed by atoms with van der Waals surface area (Å²) < 4.78 is 16.4. The zero-order valence-electron chi connectivity index (χ0n) is 16.7. The molecule has 0 aliphatic carbocycles. The number of nitriles is 2. The van der Waals surface area contributed by atoms with Gasteiger partial charge >= 0.3 is 0 Å². The molecule has 7 nitrogen and oxygen atoms in total. The first-order valence-electron chi connectivity index (χ1n) is 9.84. The van der Waals surface area contributed by atoms with Crippen LogP contribution in [-0.4, -0.2) is 50.3 Å². The molecule has 3 heterocycles. The number of anilines is 1. The molecule has 0 bridgehead atoms. The van der Waals surface area contributed by atoms with Crippen LogP contribution in [0, 0.1) is 28.6 Å². The number of pyridine rings is 1. The number of aromatic nitrogens is 1. The number of benzene rings is 1. The van der Waals surface area contributed by atoms with Crippen molar-refractivity contribution in [2.24, 2.45) is 5.92 Å². The van der Waals surface area contributed by atoms with E-state index in [2.05, 4.69) is 22.4 Å². The fourth-order valence-electron chi connectivity index (χ4n) is 3.25. The largest absolute Gasteiger partial charge is 0.491 e. The number of rotatable bonds is 8. The van der Waals surface area contributed by atoms with E-state index in [1.807, 2.05) is 24.3 Å². The van der Waals surface area contributed by atoms with Gasteiger partial charge in [0.1, 0.15) is 40.9 Å². The quantitative estimate of drug-likeness (QED) is 0.646. The minimum Gasteiger partial charge on any atom is -0.491 e. The number of nitrogens with zero attached hydrogens (tertiary/aromatic N) is 3. The third kappa shape index (κ3) is 4.22. The smallest absolute Gasteiger partial charge is 0.145 e. The highest BCUT2D eigenvalue weighted by Crippen LogP contribution is 2.38. The van der Waals surface area contributed by atoms with Gasteiger partial charge in [-0.1, -0.05) is 12.1 Å². The first kappa shape index (κ1) is 20.5. The summed E-state index contributed by atoms with van der Waals surface area (Å²) in [6, 6.07) is 12.0. The normalized spacial score (nSPS) is 17.9. The number of hydrogen-bond donors (Lipinski definition) is 1. The molecule has 2 fully saturated rings. The summed E-state index contributed by atoms with van der Waals surface area (Å²) in [4.78, 5) is 4.56. The SMILES string of the molecule is CNc1nc(SCC2COC2)c(C#N)c(-c2ccc(OCC3CCO3)cc2)c1C#N. The van der Waals surface area contributed by atoms with Gasteiger partial charge in [0, 0.05) is 37.3 Å². The second-order valence-corrected chi connectivity index (χ2v) is 8.20. The van der Waals surface area contributed by atoms with Crippen LogP contribution in [0.5, 0.6) is 5.75 Å². The van der Waals surface area contributed by atoms with E-state index in [0.29, 0.717) is 40.1 Å². The molecule has 4 rings (SSSR count). The molecule has 2 saturated heterocycles. The topological polar surface area (TPSA) is 100 Å². The van der Waals surface area contributed by atoms with Crippen molar-refractivity contribution < 1.29 is 14.2 Å². The lowest BCUT2D eigenvalue weighted by atomic mass is 9.96. The number of nitrogens with one attached hydrogen (secondary N) is 1. The second kappa shape index (κ2) is 9.36. The van der Waals surface area contributed by atoms with Gasteiger partial charge in [-0.05, 0) is 17.7 Å². The zero-order chi connectivity index (χ0) is 20.9. The van der Waals surface area contributed by atoms with Crippen LogP contribution in [0.4, 0.5) is 5.82 Å². The van der Waals surface area contributed by atoms with Gasteiger partial charge < -0.3 is 19.5 Å². The van der Waals surface area contributed by atoms with E-state index < -0.39 is 0 Å². The fraction of sp³-hybridized carbons (Fsp3) is 0.409. The van der Waals surface area contributed by atoms with Crippen molar-refractivity contribution in [2.75, 3.05) is 44.5 Å². The summed E-state index contributed by atoms with van der Waals surface area (Å²) in [6.07, 6.45) is 1.19. The number of hydrogen-bond acceptors (Lipinski definition) is 8. The molecular weight excluding hydrogens is 400 g/mol. The van der Waals surface area contributed by atoms with E-state index in [-0.39, 0.29) is 6.10 Å². The van der Waals surface area contributed by atoms with Crippen LogP contribution < -0.4 is 10.1 Å². The first-order valence-corrected chi connectivity index (χ1v) is 10.8. The average Bonchev–Trinajstić information content (AvgIpc) is 2.71. The van der Waals surface area contributed by atoms with Crippen molar-refractivity contribution in [3.05, 3.63) is 35.4 Å². The van der Waals surface area contributed by atoms with Crippen LogP contribution in [0.15, 0.2) is 29.3 Å². The van der Waals surface area contributed by atoms with Crippen molar-refractivity contribution in [3.8, 4) is 29.0 Å². The van der Waals surface area contributed by atoms with Gasteiger partial charge in [0.25, 0.3) is 0 Å². The van der Waals surface area contributed by atoms with Crippen molar-refractivity contribution >= 4 is 17.6 Å². The Bertz CT molecular complexity index is 989. The summed E-state index contributed by atoms with van der Waals surface area (Å²) >= 11 is 1.53. The summed E-state index contributed by atoms with van der Waals surface area (Å²) in [5, 5.41) is 23.3. The average molecular weight is 423 g/mol. The standard InChI is InChI=1S/C22H22N4O3S/c1-25-21-18(8-23)20(19(9-24)22(26-21)30-13-14-10-27-11-14)15-2-4-16(5-3-15)29-12-17-6-7-28-17/h2-5,14,17H,6-7,10-13H2,1H3,(H,25,26). The molecule has 0 amide bonds. The molecule has 0 saturated carbocycles. The minimum atomic E-state index is 0.166. The molecule has 1 N–H and O–H groups in total. The third-order valence-corrected chi connectivity index (χ3v) is 6.37. The summed E-state index contributed by atoms with van der Waals surface area (Å²) in [7, 11) is 1.73. The molecule has 2 aliphatic rings. The van der Waals surface area contributed by atoms with E-state index in [1.165, 1.54) is 11.8 Å². The van der Waals surface area contributed by atoms with Gasteiger partial charge in [-0.2, -0.15) is 10.5 Å². The first-order chi connectivity index (χ1) is 14.7. The zero-order valence-corrected chi connectivity index (χ0v) is 17.5. The van der Waals surface area contributed by atoms with Gasteiger partial charge in [0.05, 0.1) is 24.9 Å². The summed E-state index contributed by atoms with van der Waals surface area (Å²) in [5.41, 5.74) is 2.16. The maximum atomic E-state index is 9.92. The lowest BCUT2D eigenvalue weighted by Crippen LogP contribution is -2.32. The van der Waals surface area contributed by atoms with Gasteiger partial charge in [-0.3, -0.25) is 0 Å². The van der Waals surface area contributed by atoms with Gasteiger partial charge in [-0.25, -0.2) is 4.98 Å². The highest BCUT2D eigenvalue weighted by atomic mass is 32.2. The lowest BCUT2D eigenvalue weighted by Gasteiger charge is -2.26. The van der Waals surface area contributed by atoms with E-state index in [9.17, 15) is 10.5 Å². The molecule has 0 spiro atoms. The maximum absolute atomic E-state index is 9.92. The molecule has 1 atom stereocenters. The molecule has 30 heavy (non-hydrogen) atoms. The monoisotopic (exact) mass is 422 g/mol. The fourth-order valence-corrected chi connectivity index (χ4v) is 4.28. The molecule has 8 heteroatoms. The van der Waals surface area contributed by atoms with E-state index in [1.54, 1.807) is 7.05 Å². The van der Waals surface area contributed by atoms with Crippen LogP contribution in [0.25, 0.3) is 11.1 Å². The van der Waals surface area contributed by atoms with Crippen molar-refractivity contribution in [3.63, 3.8) is 0 Å². The molecule has 0 radical (unpaired) electrons. The highest BCUT2D eigenvalue weighted by Gasteiger charge is 2.24. The minimum absolute atomic E-state index is 0.166. The Morgan fingerprint density at radius 3 is 2.47 bits per heavy atom. The number of ether oxygens (including phenoxy) is 3. The second-order valence-electron chi connectivity index (χ2n) is 7.20. The Morgan fingerprint density at radius 2 is 1.93 bits per heavy atom. The van der Waals surface area contributed by atoms with E-state index in [0.717, 1.165) is 43.3 Å². The van der Waals surface area contributed by atoms with E-state index >= 15 is 0 Å². The van der Waals surface area contributed by atoms with Gasteiger partial charge in [-0.15, -0.1) is 11.8 Å². The van der Waals surface area contributed by atoms with Crippen LogP contribution >= 0.6 is 11.8 Å². The predicted octanol–water partition coefficient (Wildman–Crippen LogP) is 3.44. The molecular formula is C22H22N4O3S. The van der Waals surface area contributed by atoms with Crippen LogP contribution in [-0.2, 0) is 9.47 Å². The molecule has 1 unspecified atom stereocenters. The molecule has 1 aromatic carbocycles. The Hall–Kier alpha value is -2.78. The van der Waals surface area contributed by atoms with Crippen molar-refractivity contribution in [1.29, 1.82) is 10.5 Å². The maximum Gasteiger partial charge on any atom is 0.145 e. The Morgan fingerprint density at radius 1 is 1.20 bits per heavy atom. The van der Waals surface area contributed by atoms with Crippen LogP contribution in [0.1, 0.15) is 17.5 Å². The Kier molecular flexibility index (Phi) is 6.39. The van der Waals surface area contributed by atoms with Crippen LogP contribution in [0.3, 0.4) is 0 Å². The summed E-state index contributed by atoms with van der Waals surface area (Å²) in [5.74, 6) is 2.50. The van der Waals surface area contributed by atoms with Gasteiger partial charge in [0.2, 0.25) is 0 Å². The van der Waals surface area contributed by atoms with Crippen LogP contribution in [0.2, 0.25) is 0 Å². The van der Waals surface area contributed by atoms with Crippen molar-refractivity contribution in [2.45, 2.75) is 17.6 Å². The predicted molar refractivity (Wildman–Crippen MR) is 114 cm³/mol. The van der Waals surface area contributed by atoms with Crippen molar-refractivity contribution in [1.82, 2.24) is 4.98 Å².